The number of hydrogen-bond donors (Lipinski definition) is 1. The minimum Gasteiger partial charge on any atom is -0.497 e. The summed E-state index contributed by atoms with van der Waals surface area (Å²) in [6.45, 7) is 5.22. The lowest BCUT2D eigenvalue weighted by atomic mass is 9.96. The van der Waals surface area contributed by atoms with E-state index in [1.807, 2.05) is 55.5 Å². The van der Waals surface area contributed by atoms with Crippen molar-refractivity contribution in [3.63, 3.8) is 0 Å². The Bertz CT molecular complexity index is 1030. The zero-order chi connectivity index (χ0) is 23.0. The highest BCUT2D eigenvalue weighted by Gasteiger charge is 2.25. The molecule has 1 aliphatic heterocycles. The minimum atomic E-state index is 0.0261. The van der Waals surface area contributed by atoms with Gasteiger partial charge in [-0.3, -0.25) is 9.69 Å². The second-order valence-corrected chi connectivity index (χ2v) is 8.24. The van der Waals surface area contributed by atoms with Crippen LogP contribution in [0, 0.1) is 12.8 Å². The molecule has 0 aliphatic carbocycles. The molecule has 1 N–H and O–H groups in total. The van der Waals surface area contributed by atoms with Crippen LogP contribution in [0.3, 0.4) is 0 Å². The van der Waals surface area contributed by atoms with Crippen molar-refractivity contribution in [2.75, 3.05) is 33.4 Å². The van der Waals surface area contributed by atoms with Crippen molar-refractivity contribution in [1.82, 2.24) is 20.4 Å². The van der Waals surface area contributed by atoms with E-state index < -0.39 is 0 Å². The van der Waals surface area contributed by atoms with E-state index in [2.05, 4.69) is 20.4 Å². The third-order valence-corrected chi connectivity index (χ3v) is 5.82. The quantitative estimate of drug-likeness (QED) is 0.499. The second kappa shape index (κ2) is 11.0. The number of piperidine rings is 1. The molecule has 2 aromatic carbocycles. The average molecular weight is 451 g/mol. The Hall–Kier alpha value is -3.39. The first-order valence-corrected chi connectivity index (χ1v) is 11.3. The van der Waals surface area contributed by atoms with Gasteiger partial charge in [0.25, 0.3) is 0 Å². The number of aromatic nitrogens is 2. The number of likely N-dealkylation sites (tertiary alicyclic amines) is 1. The van der Waals surface area contributed by atoms with Gasteiger partial charge < -0.3 is 19.3 Å². The number of nitrogens with one attached hydrogen (secondary N) is 1. The van der Waals surface area contributed by atoms with Crippen LogP contribution in [-0.4, -0.2) is 54.3 Å². The number of amides is 1. The van der Waals surface area contributed by atoms with E-state index in [4.69, 9.17) is 14.0 Å². The molecule has 4 rings (SSSR count). The molecule has 33 heavy (non-hydrogen) atoms. The monoisotopic (exact) mass is 450 g/mol. The van der Waals surface area contributed by atoms with Crippen LogP contribution in [0.1, 0.15) is 24.3 Å². The predicted molar refractivity (Wildman–Crippen MR) is 124 cm³/mol. The number of benzene rings is 2. The van der Waals surface area contributed by atoms with Crippen molar-refractivity contribution in [3.8, 4) is 22.9 Å². The Kier molecular flexibility index (Phi) is 7.57. The smallest absolute Gasteiger partial charge is 0.241 e. The average Bonchev–Trinajstić information content (AvgIpc) is 3.32. The summed E-state index contributed by atoms with van der Waals surface area (Å²) in [5.41, 5.74) is 2.08. The van der Waals surface area contributed by atoms with Crippen molar-refractivity contribution in [2.45, 2.75) is 26.3 Å². The van der Waals surface area contributed by atoms with Crippen LogP contribution < -0.4 is 14.8 Å². The predicted octanol–water partition coefficient (Wildman–Crippen LogP) is 3.46. The van der Waals surface area contributed by atoms with E-state index in [0.717, 1.165) is 43.0 Å². The summed E-state index contributed by atoms with van der Waals surface area (Å²) in [6, 6.07) is 15.5. The van der Waals surface area contributed by atoms with E-state index in [1.54, 1.807) is 7.11 Å². The number of carbonyl (C=O) groups is 1. The number of rotatable bonds is 9. The molecule has 0 spiro atoms. The topological polar surface area (TPSA) is 89.7 Å². The van der Waals surface area contributed by atoms with Crippen LogP contribution in [0.25, 0.3) is 11.4 Å². The maximum Gasteiger partial charge on any atom is 0.241 e. The van der Waals surface area contributed by atoms with Gasteiger partial charge in [0.15, 0.2) is 0 Å². The van der Waals surface area contributed by atoms with Crippen molar-refractivity contribution in [2.24, 2.45) is 5.92 Å². The molecule has 0 radical (unpaired) electrons. The summed E-state index contributed by atoms with van der Waals surface area (Å²) >= 11 is 0. The van der Waals surface area contributed by atoms with Gasteiger partial charge in [0, 0.05) is 11.5 Å². The van der Waals surface area contributed by atoms with Gasteiger partial charge in [0.2, 0.25) is 17.6 Å². The van der Waals surface area contributed by atoms with Crippen LogP contribution in [0.4, 0.5) is 0 Å². The second-order valence-electron chi connectivity index (χ2n) is 8.24. The van der Waals surface area contributed by atoms with Crippen molar-refractivity contribution >= 4 is 5.91 Å². The fourth-order valence-corrected chi connectivity index (χ4v) is 3.84. The molecule has 8 nitrogen and oxygen atoms in total. The Balaban J connectivity index is 1.17. The summed E-state index contributed by atoms with van der Waals surface area (Å²) in [5.74, 6) is 2.87. The van der Waals surface area contributed by atoms with Crippen molar-refractivity contribution in [1.29, 1.82) is 0 Å². The number of ether oxygens (including phenoxy) is 2. The third-order valence-electron chi connectivity index (χ3n) is 5.82. The summed E-state index contributed by atoms with van der Waals surface area (Å²) in [5, 5.41) is 7.08. The van der Waals surface area contributed by atoms with Gasteiger partial charge in [-0.15, -0.1) is 0 Å². The van der Waals surface area contributed by atoms with E-state index in [9.17, 15) is 4.79 Å². The fraction of sp³-hybridized carbons (Fsp3) is 0.400. The van der Waals surface area contributed by atoms with Crippen LogP contribution in [-0.2, 0) is 11.3 Å². The molecular formula is C25H30N4O4. The Morgan fingerprint density at radius 1 is 1.09 bits per heavy atom. The molecule has 1 amide bonds. The molecule has 0 saturated carbocycles. The molecule has 0 atom stereocenters. The highest BCUT2D eigenvalue weighted by atomic mass is 16.5. The molecule has 1 fully saturated rings. The van der Waals surface area contributed by atoms with Crippen LogP contribution in [0.15, 0.2) is 53.1 Å². The zero-order valence-corrected chi connectivity index (χ0v) is 19.1. The molecule has 1 aromatic heterocycles. The summed E-state index contributed by atoms with van der Waals surface area (Å²) in [6.07, 6.45) is 1.62. The van der Waals surface area contributed by atoms with Crippen molar-refractivity contribution < 1.29 is 18.8 Å². The largest absolute Gasteiger partial charge is 0.497 e. The Morgan fingerprint density at radius 3 is 2.48 bits per heavy atom. The number of hydrogen-bond acceptors (Lipinski definition) is 7. The number of methoxy groups -OCH3 is 1. The molecule has 174 valence electrons. The molecular weight excluding hydrogens is 420 g/mol. The van der Waals surface area contributed by atoms with Gasteiger partial charge >= 0.3 is 0 Å². The molecule has 3 aromatic rings. The molecule has 8 heteroatoms. The lowest BCUT2D eigenvalue weighted by Crippen LogP contribution is -2.41. The standard InChI is InChI=1S/C25H30N4O4/c1-18-3-7-22(8-4-18)32-16-13-26-25(30)20-11-14-29(15-12-20)17-23-27-24(28-33-23)19-5-9-21(31-2)10-6-19/h3-10,20H,11-17H2,1-2H3,(H,26,30). The highest BCUT2D eigenvalue weighted by molar-refractivity contribution is 5.78. The zero-order valence-electron chi connectivity index (χ0n) is 19.1. The van der Waals surface area contributed by atoms with Crippen LogP contribution >= 0.6 is 0 Å². The summed E-state index contributed by atoms with van der Waals surface area (Å²) in [7, 11) is 1.63. The Labute approximate surface area is 193 Å². The van der Waals surface area contributed by atoms with Crippen LogP contribution in [0.2, 0.25) is 0 Å². The molecule has 1 aliphatic rings. The first-order chi connectivity index (χ1) is 16.1. The maximum absolute atomic E-state index is 12.5. The van der Waals surface area contributed by atoms with E-state index in [-0.39, 0.29) is 11.8 Å². The van der Waals surface area contributed by atoms with Gasteiger partial charge in [-0.25, -0.2) is 0 Å². The maximum atomic E-state index is 12.5. The summed E-state index contributed by atoms with van der Waals surface area (Å²) < 4.78 is 16.3. The molecule has 0 unspecified atom stereocenters. The number of carbonyl (C=O) groups excluding carboxylic acids is 1. The molecule has 2 heterocycles. The van der Waals surface area contributed by atoms with Crippen molar-refractivity contribution in [3.05, 3.63) is 60.0 Å². The first kappa shape index (κ1) is 22.8. The van der Waals surface area contributed by atoms with Crippen LogP contribution in [0.5, 0.6) is 11.5 Å². The van der Waals surface area contributed by atoms with Gasteiger partial charge in [-0.1, -0.05) is 22.9 Å². The number of nitrogens with zero attached hydrogens (tertiary/aromatic N) is 3. The SMILES string of the molecule is COc1ccc(-c2noc(CN3CCC(C(=O)NCCOc4ccc(C)cc4)CC3)n2)cc1. The minimum absolute atomic E-state index is 0.0261. The number of aryl methyl sites for hydroxylation is 1. The van der Waals surface area contributed by atoms with Gasteiger partial charge in [0.05, 0.1) is 20.2 Å². The summed E-state index contributed by atoms with van der Waals surface area (Å²) in [4.78, 5) is 19.2. The fourth-order valence-electron chi connectivity index (χ4n) is 3.84. The van der Waals surface area contributed by atoms with E-state index >= 15 is 0 Å². The van der Waals surface area contributed by atoms with E-state index in [0.29, 0.717) is 31.4 Å². The normalized spacial score (nSPS) is 14.7. The van der Waals surface area contributed by atoms with Gasteiger partial charge in [-0.2, -0.15) is 4.98 Å². The lowest BCUT2D eigenvalue weighted by Gasteiger charge is -2.30. The Morgan fingerprint density at radius 2 is 1.79 bits per heavy atom. The first-order valence-electron chi connectivity index (χ1n) is 11.3. The van der Waals surface area contributed by atoms with Gasteiger partial charge in [-0.05, 0) is 69.3 Å². The molecule has 0 bridgehead atoms. The van der Waals surface area contributed by atoms with E-state index in [1.165, 1.54) is 5.56 Å². The highest BCUT2D eigenvalue weighted by Crippen LogP contribution is 2.22. The lowest BCUT2D eigenvalue weighted by molar-refractivity contribution is -0.126. The van der Waals surface area contributed by atoms with Gasteiger partial charge in [0.1, 0.15) is 18.1 Å². The third kappa shape index (κ3) is 6.32. The molecule has 1 saturated heterocycles.